The van der Waals surface area contributed by atoms with Gasteiger partial charge in [0.05, 0.1) is 0 Å². The summed E-state index contributed by atoms with van der Waals surface area (Å²) in [5, 5.41) is 9.20. The molecule has 7 heteroatoms. The van der Waals surface area contributed by atoms with Crippen LogP contribution < -0.4 is 16.0 Å². The van der Waals surface area contributed by atoms with Crippen molar-refractivity contribution >= 4 is 29.9 Å². The summed E-state index contributed by atoms with van der Waals surface area (Å²) in [6.07, 6.45) is 4.45. The number of hydrogen-bond acceptors (Lipinski definition) is 4. The van der Waals surface area contributed by atoms with E-state index in [-0.39, 0.29) is 30.1 Å². The molecule has 0 aromatic heterocycles. The third-order valence-electron chi connectivity index (χ3n) is 5.34. The quantitative estimate of drug-likeness (QED) is 0.706. The fourth-order valence-electron chi connectivity index (χ4n) is 3.37. The summed E-state index contributed by atoms with van der Waals surface area (Å²) in [5.74, 6) is 0.186. The molecule has 2 amide bonds. The molecule has 0 atom stereocenters. The van der Waals surface area contributed by atoms with E-state index in [0.29, 0.717) is 19.4 Å². The Morgan fingerprint density at radius 3 is 2.62 bits per heavy atom. The molecule has 2 fully saturated rings. The Hall–Kier alpha value is -1.63. The zero-order chi connectivity index (χ0) is 17.7. The number of anilines is 1. The number of halogens is 1. The first-order valence-electron chi connectivity index (χ1n) is 9.07. The van der Waals surface area contributed by atoms with Crippen molar-refractivity contribution in [2.24, 2.45) is 5.92 Å². The maximum absolute atomic E-state index is 12.6. The van der Waals surface area contributed by atoms with Gasteiger partial charge in [0.1, 0.15) is 5.60 Å². The summed E-state index contributed by atoms with van der Waals surface area (Å²) in [5.41, 5.74) is 1.01. The predicted molar refractivity (Wildman–Crippen MR) is 103 cm³/mol. The summed E-state index contributed by atoms with van der Waals surface area (Å²) in [4.78, 5) is 24.6. The number of nitrogens with one attached hydrogen (secondary N) is 3. The molecule has 3 N–H and O–H groups in total. The number of carbonyl (C=O) groups excluding carboxylic acids is 2. The number of hydrogen-bond donors (Lipinski definition) is 3. The van der Waals surface area contributed by atoms with Crippen molar-refractivity contribution in [2.75, 3.05) is 25.5 Å². The number of rotatable bonds is 6. The summed E-state index contributed by atoms with van der Waals surface area (Å²) >= 11 is 0. The summed E-state index contributed by atoms with van der Waals surface area (Å²) < 4.78 is 5.54. The Kier molecular flexibility index (Phi) is 7.43. The summed E-state index contributed by atoms with van der Waals surface area (Å²) in [7, 11) is 1.60. The average molecular weight is 382 g/mol. The highest BCUT2D eigenvalue weighted by atomic mass is 35.5. The standard InChI is InChI=1S/C19H27N3O3.ClH/c1-25-19(8-10-20-11-9-19)18(24)21-13-14-4-2-7-16(12-14)22-17(23)15-5-3-6-15;/h2,4,7,12,15,20H,3,5-6,8-11,13H2,1H3,(H,21,24)(H,22,23);1H. The van der Waals surface area contributed by atoms with E-state index >= 15 is 0 Å². The van der Waals surface area contributed by atoms with Crippen molar-refractivity contribution in [3.8, 4) is 0 Å². The third kappa shape index (κ3) is 4.75. The second-order valence-corrected chi connectivity index (χ2v) is 6.95. The minimum absolute atomic E-state index is 0. The van der Waals surface area contributed by atoms with Crippen LogP contribution in [0.2, 0.25) is 0 Å². The van der Waals surface area contributed by atoms with Crippen LogP contribution in [0.25, 0.3) is 0 Å². The molecular formula is C19H28ClN3O3. The first-order valence-corrected chi connectivity index (χ1v) is 9.07. The van der Waals surface area contributed by atoms with Crippen LogP contribution in [-0.2, 0) is 20.9 Å². The molecule has 0 unspecified atom stereocenters. The van der Waals surface area contributed by atoms with Gasteiger partial charge in [-0.1, -0.05) is 18.6 Å². The average Bonchev–Trinajstić information content (AvgIpc) is 2.59. The molecule has 3 rings (SSSR count). The molecule has 6 nitrogen and oxygen atoms in total. The van der Waals surface area contributed by atoms with Gasteiger partial charge in [0.15, 0.2) is 0 Å². The minimum Gasteiger partial charge on any atom is -0.368 e. The van der Waals surface area contributed by atoms with Gasteiger partial charge in [-0.2, -0.15) is 0 Å². The van der Waals surface area contributed by atoms with E-state index in [9.17, 15) is 9.59 Å². The molecule has 1 aromatic rings. The topological polar surface area (TPSA) is 79.5 Å². The number of ether oxygens (including phenoxy) is 1. The highest BCUT2D eigenvalue weighted by Crippen LogP contribution is 2.27. The zero-order valence-electron chi connectivity index (χ0n) is 15.2. The maximum Gasteiger partial charge on any atom is 0.252 e. The van der Waals surface area contributed by atoms with Gasteiger partial charge >= 0.3 is 0 Å². The lowest BCUT2D eigenvalue weighted by atomic mass is 9.85. The molecule has 26 heavy (non-hydrogen) atoms. The van der Waals surface area contributed by atoms with Crippen LogP contribution in [0.1, 0.15) is 37.7 Å². The molecule has 1 saturated heterocycles. The first-order chi connectivity index (χ1) is 12.1. The Morgan fingerprint density at radius 1 is 1.27 bits per heavy atom. The summed E-state index contributed by atoms with van der Waals surface area (Å²) in [6, 6.07) is 7.64. The van der Waals surface area contributed by atoms with E-state index in [1.807, 2.05) is 24.3 Å². The van der Waals surface area contributed by atoms with Gasteiger partial charge in [0.25, 0.3) is 5.91 Å². The molecule has 144 valence electrons. The SMILES string of the molecule is COC1(C(=O)NCc2cccc(NC(=O)C3CCC3)c2)CCNCC1.Cl. The van der Waals surface area contributed by atoms with Crippen molar-refractivity contribution in [1.29, 1.82) is 0 Å². The molecule has 2 aliphatic rings. The Labute approximate surface area is 160 Å². The van der Waals surface area contributed by atoms with E-state index in [0.717, 1.165) is 43.6 Å². The molecule has 1 saturated carbocycles. The number of methoxy groups -OCH3 is 1. The van der Waals surface area contributed by atoms with Crippen LogP contribution in [0.5, 0.6) is 0 Å². The van der Waals surface area contributed by atoms with E-state index in [4.69, 9.17) is 4.74 Å². The third-order valence-corrected chi connectivity index (χ3v) is 5.34. The van der Waals surface area contributed by atoms with Crippen LogP contribution in [0.15, 0.2) is 24.3 Å². The van der Waals surface area contributed by atoms with Gasteiger partial charge < -0.3 is 20.7 Å². The smallest absolute Gasteiger partial charge is 0.252 e. The molecule has 0 radical (unpaired) electrons. The van der Waals surface area contributed by atoms with Crippen molar-refractivity contribution in [3.63, 3.8) is 0 Å². The minimum atomic E-state index is -0.735. The second-order valence-electron chi connectivity index (χ2n) is 6.95. The van der Waals surface area contributed by atoms with Gasteiger partial charge in [-0.05, 0) is 56.5 Å². The normalized spacial score (nSPS) is 19.0. The van der Waals surface area contributed by atoms with Crippen LogP contribution in [0, 0.1) is 5.92 Å². The fraction of sp³-hybridized carbons (Fsp3) is 0.579. The molecule has 1 aromatic carbocycles. The number of piperidine rings is 1. The maximum atomic E-state index is 12.6. The number of benzene rings is 1. The van der Waals surface area contributed by atoms with E-state index in [2.05, 4.69) is 16.0 Å². The lowest BCUT2D eigenvalue weighted by Crippen LogP contribution is -2.53. The Morgan fingerprint density at radius 2 is 2.00 bits per heavy atom. The molecule has 1 aliphatic carbocycles. The van der Waals surface area contributed by atoms with Crippen molar-refractivity contribution < 1.29 is 14.3 Å². The van der Waals surface area contributed by atoms with Crippen LogP contribution >= 0.6 is 12.4 Å². The van der Waals surface area contributed by atoms with E-state index < -0.39 is 5.60 Å². The molecule has 1 heterocycles. The van der Waals surface area contributed by atoms with Crippen molar-refractivity contribution in [2.45, 2.75) is 44.2 Å². The van der Waals surface area contributed by atoms with Gasteiger partial charge in [-0.15, -0.1) is 12.4 Å². The zero-order valence-corrected chi connectivity index (χ0v) is 16.0. The fourth-order valence-corrected chi connectivity index (χ4v) is 3.37. The van der Waals surface area contributed by atoms with Crippen molar-refractivity contribution in [1.82, 2.24) is 10.6 Å². The van der Waals surface area contributed by atoms with Gasteiger partial charge in [-0.25, -0.2) is 0 Å². The largest absolute Gasteiger partial charge is 0.368 e. The van der Waals surface area contributed by atoms with E-state index in [1.165, 1.54) is 0 Å². The first kappa shape index (κ1) is 20.7. The van der Waals surface area contributed by atoms with Gasteiger partial charge in [0, 0.05) is 25.3 Å². The monoisotopic (exact) mass is 381 g/mol. The number of carbonyl (C=O) groups is 2. The lowest BCUT2D eigenvalue weighted by Gasteiger charge is -2.34. The van der Waals surface area contributed by atoms with Gasteiger partial charge in [0.2, 0.25) is 5.91 Å². The van der Waals surface area contributed by atoms with Crippen molar-refractivity contribution in [3.05, 3.63) is 29.8 Å². The second kappa shape index (κ2) is 9.35. The highest BCUT2D eigenvalue weighted by molar-refractivity contribution is 5.93. The van der Waals surface area contributed by atoms with Gasteiger partial charge in [-0.3, -0.25) is 9.59 Å². The molecule has 0 bridgehead atoms. The van der Waals surface area contributed by atoms with Crippen LogP contribution in [-0.4, -0.2) is 37.6 Å². The molecule has 0 spiro atoms. The van der Waals surface area contributed by atoms with Crippen LogP contribution in [0.4, 0.5) is 5.69 Å². The Balaban J connectivity index is 0.00000243. The predicted octanol–water partition coefficient (Wildman–Crippen LogP) is 2.23. The molecular weight excluding hydrogens is 354 g/mol. The Bertz CT molecular complexity index is 628. The van der Waals surface area contributed by atoms with E-state index in [1.54, 1.807) is 7.11 Å². The summed E-state index contributed by atoms with van der Waals surface area (Å²) in [6.45, 7) is 1.98. The lowest BCUT2D eigenvalue weighted by molar-refractivity contribution is -0.146. The van der Waals surface area contributed by atoms with Crippen LogP contribution in [0.3, 0.4) is 0 Å². The molecule has 1 aliphatic heterocycles. The highest BCUT2D eigenvalue weighted by Gasteiger charge is 2.39. The number of amides is 2.